The molecule has 2 amide bonds. The highest BCUT2D eigenvalue weighted by molar-refractivity contribution is 8.76. The predicted octanol–water partition coefficient (Wildman–Crippen LogP) is 2.28. The van der Waals surface area contributed by atoms with Gasteiger partial charge in [0.15, 0.2) is 5.78 Å². The number of nitrogens with one attached hydrogen (secondary N) is 2. The number of amides is 2. The third-order valence-electron chi connectivity index (χ3n) is 7.78. The Kier molecular flexibility index (Phi) is 20.2. The van der Waals surface area contributed by atoms with Crippen LogP contribution in [0.1, 0.15) is 27.5 Å². The predicted molar refractivity (Wildman–Crippen MR) is 217 cm³/mol. The molecule has 0 saturated carbocycles. The van der Waals surface area contributed by atoms with Crippen molar-refractivity contribution in [2.45, 2.75) is 55.9 Å². The number of hydrogen-bond acceptors (Lipinski definition) is 12. The first-order valence-corrected chi connectivity index (χ1v) is 19.9. The van der Waals surface area contributed by atoms with Gasteiger partial charge in [0.05, 0.1) is 24.0 Å². The van der Waals surface area contributed by atoms with Crippen molar-refractivity contribution in [3.05, 3.63) is 108 Å². The van der Waals surface area contributed by atoms with Gasteiger partial charge in [-0.05, 0) is 23.1 Å². The average Bonchev–Trinajstić information content (AvgIpc) is 3.20. The molecule has 0 aromatic heterocycles. The second-order valence-corrected chi connectivity index (χ2v) is 15.1. The van der Waals surface area contributed by atoms with Crippen LogP contribution >= 0.6 is 34.2 Å². The van der Waals surface area contributed by atoms with E-state index in [0.29, 0.717) is 0 Å². The van der Waals surface area contributed by atoms with E-state index in [-0.39, 0.29) is 50.2 Å². The van der Waals surface area contributed by atoms with Crippen molar-refractivity contribution >= 4 is 69.7 Å². The fourth-order valence-electron chi connectivity index (χ4n) is 4.69. The molecule has 0 aliphatic heterocycles. The summed E-state index contributed by atoms with van der Waals surface area (Å²) in [4.78, 5) is 70.6. The van der Waals surface area contributed by atoms with Gasteiger partial charge in [0.25, 0.3) is 0 Å². The highest BCUT2D eigenvalue weighted by Gasteiger charge is 2.27. The van der Waals surface area contributed by atoms with Crippen LogP contribution in [-0.4, -0.2) is 98.3 Å². The Hall–Kier alpha value is -4.39. The summed E-state index contributed by atoms with van der Waals surface area (Å²) >= 11 is 3.90. The molecule has 6 unspecified atom stereocenters. The molecule has 296 valence electrons. The first kappa shape index (κ1) is 44.0. The van der Waals surface area contributed by atoms with Crippen molar-refractivity contribution in [3.8, 4) is 0 Å². The summed E-state index contributed by atoms with van der Waals surface area (Å²) in [5.41, 5.74) is 19.8. The summed E-state index contributed by atoms with van der Waals surface area (Å²) in [6.45, 7) is 0. The molecule has 54 heavy (non-hydrogen) atoms. The molecule has 0 saturated heterocycles. The lowest BCUT2D eigenvalue weighted by Crippen LogP contribution is -2.50. The monoisotopic (exact) mass is 809 g/mol. The normalized spacial score (nSPS) is 14.2. The molecule has 17 heteroatoms. The van der Waals surface area contributed by atoms with E-state index in [4.69, 9.17) is 25.3 Å². The molecule has 3 aromatic carbocycles. The van der Waals surface area contributed by atoms with Gasteiger partial charge in [-0.25, -0.2) is 9.59 Å². The Morgan fingerprint density at radius 2 is 0.981 bits per heavy atom. The third kappa shape index (κ3) is 17.6. The second-order valence-electron chi connectivity index (χ2n) is 12.1. The number of aliphatic carboxylic acids is 3. The zero-order valence-electron chi connectivity index (χ0n) is 31.4. The van der Waals surface area contributed by atoms with Crippen LogP contribution in [0.5, 0.6) is 0 Å². The Bertz CT molecular complexity index is 1580. The number of ketones is 1. The van der Waals surface area contributed by atoms with Gasteiger partial charge < -0.3 is 43.2 Å². The van der Waals surface area contributed by atoms with Crippen LogP contribution in [0.4, 0.5) is 0 Å². The maximum Gasteiger partial charge on any atom is 0.326 e. The molecule has 3 rings (SSSR count). The summed E-state index contributed by atoms with van der Waals surface area (Å²) in [5.74, 6) is -5.02. The van der Waals surface area contributed by atoms with Crippen LogP contribution in [-0.2, 0) is 48.0 Å². The van der Waals surface area contributed by atoms with Crippen molar-refractivity contribution < 1.29 is 48.5 Å². The number of carboxylic acid groups (broad SMARTS) is 3. The molecule has 0 heterocycles. The maximum atomic E-state index is 12.5. The van der Waals surface area contributed by atoms with E-state index in [2.05, 4.69) is 23.3 Å². The van der Waals surface area contributed by atoms with Crippen LogP contribution < -0.4 is 27.8 Å². The van der Waals surface area contributed by atoms with Crippen LogP contribution in [0.25, 0.3) is 0 Å². The lowest BCUT2D eigenvalue weighted by molar-refractivity contribution is -0.144. The van der Waals surface area contributed by atoms with Crippen molar-refractivity contribution in [2.75, 3.05) is 17.3 Å². The van der Waals surface area contributed by atoms with E-state index in [1.807, 2.05) is 54.6 Å². The molecule has 0 fully saturated rings. The molecule has 11 N–H and O–H groups in total. The molecule has 3 aromatic rings. The molecule has 14 nitrogen and oxygen atoms in total. The summed E-state index contributed by atoms with van der Waals surface area (Å²) < 4.78 is 10.0. The fourth-order valence-corrected chi connectivity index (χ4v) is 7.14. The van der Waals surface area contributed by atoms with Gasteiger partial charge in [0.1, 0.15) is 12.1 Å². The maximum absolute atomic E-state index is 12.5. The van der Waals surface area contributed by atoms with E-state index in [0.717, 1.165) is 16.7 Å². The molecule has 0 bridgehead atoms. The summed E-state index contributed by atoms with van der Waals surface area (Å²) in [5, 5.41) is 32.8. The van der Waals surface area contributed by atoms with Gasteiger partial charge in [-0.2, -0.15) is 12.6 Å². The number of nitrogens with two attached hydrogens (primary N) is 3. The molecule has 0 spiro atoms. The summed E-state index contributed by atoms with van der Waals surface area (Å²) in [7, 11) is 2.49. The summed E-state index contributed by atoms with van der Waals surface area (Å²) in [6, 6.07) is 22.4. The molecule has 0 aliphatic carbocycles. The SMILES string of the molecule is NC(CS)C(=O)NC(Cc1ccccc1)C(=O)O.NC(CSSCC(N)C(=O)NC(Cc1ccccc1)C(=O)O)C(=O)CC(Cc1ccccc1)C(=O)O.[2H][2H].[3HH]. The largest absolute Gasteiger partial charge is 0.481 e. The van der Waals surface area contributed by atoms with Crippen LogP contribution in [0.3, 0.4) is 0 Å². The van der Waals surface area contributed by atoms with Gasteiger partial charge in [0, 0.05) is 40.9 Å². The fraction of sp³-hybridized carbons (Fsp3) is 0.351. The van der Waals surface area contributed by atoms with Gasteiger partial charge in [-0.15, -0.1) is 0 Å². The lowest BCUT2D eigenvalue weighted by atomic mass is 9.93. The first-order valence-electron chi connectivity index (χ1n) is 17.8. The van der Waals surface area contributed by atoms with Gasteiger partial charge in [-0.3, -0.25) is 19.2 Å². The van der Waals surface area contributed by atoms with Crippen LogP contribution in [0.2, 0.25) is 0 Å². The van der Waals surface area contributed by atoms with Gasteiger partial charge in [0.2, 0.25) is 11.8 Å². The number of rotatable bonds is 22. The number of hydrogen-bond donors (Lipinski definition) is 9. The van der Waals surface area contributed by atoms with Crippen molar-refractivity contribution in [2.24, 2.45) is 23.1 Å². The topological polar surface area (TPSA) is 265 Å². The van der Waals surface area contributed by atoms with E-state index in [9.17, 15) is 39.0 Å². The Labute approximate surface area is 331 Å². The minimum atomic E-state index is -1.15. The molecular formula is C37H51N5O9S3. The van der Waals surface area contributed by atoms with E-state index >= 15 is 0 Å². The number of Topliss-reactive ketones (excluding diaryl/α,β-unsaturated/α-hetero) is 1. The first-order chi connectivity index (χ1) is 26.7. The Morgan fingerprint density at radius 3 is 1.35 bits per heavy atom. The van der Waals surface area contributed by atoms with E-state index < -0.39 is 65.8 Å². The number of thiol groups is 1. The average molecular weight is 810 g/mol. The zero-order chi connectivity index (χ0) is 42.0. The summed E-state index contributed by atoms with van der Waals surface area (Å²) in [6.07, 6.45) is 0.426. The quantitative estimate of drug-likeness (QED) is 0.0401. The number of carbonyl (C=O) groups excluding carboxylic acids is 3. The van der Waals surface area contributed by atoms with Gasteiger partial charge >= 0.3 is 17.9 Å². The Balaban J connectivity index is 0.00000126. The minimum Gasteiger partial charge on any atom is -0.481 e. The smallest absolute Gasteiger partial charge is 0.326 e. The van der Waals surface area contributed by atoms with Crippen LogP contribution in [0.15, 0.2) is 91.0 Å². The van der Waals surface area contributed by atoms with Crippen molar-refractivity contribution in [3.63, 3.8) is 0 Å². The van der Waals surface area contributed by atoms with E-state index in [1.54, 1.807) is 36.4 Å². The highest BCUT2D eigenvalue weighted by atomic mass is 33.1. The van der Waals surface area contributed by atoms with Crippen molar-refractivity contribution in [1.82, 2.24) is 10.6 Å². The third-order valence-corrected chi connectivity index (χ3v) is 10.6. The number of carbonyl (C=O) groups is 6. The van der Waals surface area contributed by atoms with Crippen molar-refractivity contribution in [1.29, 1.82) is 0 Å². The lowest BCUT2D eigenvalue weighted by Gasteiger charge is -2.18. The Morgan fingerprint density at radius 1 is 0.611 bits per heavy atom. The second kappa shape index (κ2) is 24.8. The van der Waals surface area contributed by atoms with Gasteiger partial charge in [-0.1, -0.05) is 113 Å². The zero-order valence-corrected chi connectivity index (χ0v) is 31.9. The molecule has 6 atom stereocenters. The number of carboxylic acids is 3. The van der Waals surface area contributed by atoms with E-state index in [1.165, 1.54) is 21.6 Å². The van der Waals surface area contributed by atoms with Crippen LogP contribution in [0, 0.1) is 5.92 Å². The number of benzene rings is 3. The highest BCUT2D eigenvalue weighted by Crippen LogP contribution is 2.23. The standard InChI is InChI=1S/C25H31N3O6S2.C12H16N2O3S.2H2/c26-19(22(29)13-18(24(31)32)11-16-7-3-1-4-8-16)14-35-36-15-20(27)23(30)28-21(25(33)34)12-17-9-5-2-6-10-17;13-9(7-18)11(15)14-10(12(16)17)6-8-4-2-1-3-5-8;;/h1-10,18-21H,11-15,26-27H2,(H,28,30)(H,31,32)(H,33,34);1-5,9-10,18H,6-7,13H2,(H,14,15)(H,16,17);2*1H/i;;1+2;1+1D. The minimum absolute atomic E-state index is 0. The molecular weight excluding hydrogens is 755 g/mol. The molecule has 0 radical (unpaired) electrons. The molecule has 0 aliphatic rings.